The minimum atomic E-state index is 0.633. The fourth-order valence-corrected chi connectivity index (χ4v) is 2.79. The summed E-state index contributed by atoms with van der Waals surface area (Å²) in [5.74, 6) is 1.65. The van der Waals surface area contributed by atoms with E-state index in [1.54, 1.807) is 0 Å². The highest BCUT2D eigenvalue weighted by molar-refractivity contribution is 7.10. The zero-order valence-corrected chi connectivity index (χ0v) is 8.94. The lowest BCUT2D eigenvalue weighted by atomic mass is 10.0. The van der Waals surface area contributed by atoms with E-state index in [2.05, 4.69) is 9.69 Å². The van der Waals surface area contributed by atoms with E-state index in [-0.39, 0.29) is 0 Å². The van der Waals surface area contributed by atoms with Gasteiger partial charge in [0.2, 0.25) is 0 Å². The molecule has 14 heavy (non-hydrogen) atoms. The number of nitrogens with two attached hydrogens (primary N) is 1. The molecule has 4 heteroatoms. The first-order valence-corrected chi connectivity index (χ1v) is 6.02. The minimum absolute atomic E-state index is 0.633. The zero-order valence-electron chi connectivity index (χ0n) is 8.12. The highest BCUT2D eigenvalue weighted by Crippen LogP contribution is 2.61. The van der Waals surface area contributed by atoms with Crippen molar-refractivity contribution >= 4 is 22.4 Å². The van der Waals surface area contributed by atoms with Crippen molar-refractivity contribution in [2.75, 3.05) is 17.6 Å². The number of hydrogen-bond donors (Lipinski definition) is 2. The Morgan fingerprint density at radius 3 is 2.86 bits per heavy atom. The Balaban J connectivity index is 1.59. The molecule has 0 amide bonds. The molecule has 1 aromatic rings. The van der Waals surface area contributed by atoms with E-state index >= 15 is 0 Å². The summed E-state index contributed by atoms with van der Waals surface area (Å²) < 4.78 is 4.06. The summed E-state index contributed by atoms with van der Waals surface area (Å²) in [6.45, 7) is 1.12. The van der Waals surface area contributed by atoms with Gasteiger partial charge in [-0.3, -0.25) is 0 Å². The molecule has 0 unspecified atom stereocenters. The monoisotopic (exact) mass is 209 g/mol. The van der Waals surface area contributed by atoms with Gasteiger partial charge in [-0.05, 0) is 48.5 Å². The maximum absolute atomic E-state index is 5.57. The van der Waals surface area contributed by atoms with E-state index < -0.39 is 0 Å². The molecule has 2 fully saturated rings. The van der Waals surface area contributed by atoms with Crippen molar-refractivity contribution in [3.05, 3.63) is 6.07 Å². The third-order valence-corrected chi connectivity index (χ3v) is 4.24. The average molecular weight is 209 g/mol. The first kappa shape index (κ1) is 8.53. The molecule has 3 N–H and O–H groups in total. The van der Waals surface area contributed by atoms with Gasteiger partial charge < -0.3 is 11.1 Å². The van der Waals surface area contributed by atoms with Gasteiger partial charge in [-0.2, -0.15) is 4.37 Å². The van der Waals surface area contributed by atoms with Gasteiger partial charge in [0.15, 0.2) is 0 Å². The Morgan fingerprint density at radius 1 is 1.57 bits per heavy atom. The zero-order chi connectivity index (χ0) is 9.60. The van der Waals surface area contributed by atoms with Crippen molar-refractivity contribution in [3.8, 4) is 0 Å². The second kappa shape index (κ2) is 2.86. The molecule has 2 aliphatic carbocycles. The van der Waals surface area contributed by atoms with Gasteiger partial charge in [-0.1, -0.05) is 0 Å². The van der Waals surface area contributed by atoms with Crippen LogP contribution in [-0.2, 0) is 0 Å². The summed E-state index contributed by atoms with van der Waals surface area (Å²) in [4.78, 5) is 0. The third kappa shape index (κ3) is 1.47. The van der Waals surface area contributed by atoms with Crippen molar-refractivity contribution in [1.29, 1.82) is 0 Å². The number of nitrogen functional groups attached to an aromatic ring is 1. The maximum atomic E-state index is 5.57. The van der Waals surface area contributed by atoms with Crippen molar-refractivity contribution in [3.63, 3.8) is 0 Å². The van der Waals surface area contributed by atoms with Crippen LogP contribution in [0.4, 0.5) is 10.8 Å². The molecule has 0 aromatic carbocycles. The second-order valence-corrected chi connectivity index (χ2v) is 5.41. The summed E-state index contributed by atoms with van der Waals surface area (Å²) in [5.41, 5.74) is 6.22. The summed E-state index contributed by atoms with van der Waals surface area (Å²) in [7, 11) is 0. The molecule has 0 spiro atoms. The van der Waals surface area contributed by atoms with E-state index in [0.29, 0.717) is 11.2 Å². The van der Waals surface area contributed by atoms with Gasteiger partial charge in [0, 0.05) is 12.6 Å². The van der Waals surface area contributed by atoms with Gasteiger partial charge >= 0.3 is 0 Å². The highest BCUT2D eigenvalue weighted by atomic mass is 32.1. The van der Waals surface area contributed by atoms with Gasteiger partial charge in [-0.25, -0.2) is 0 Å². The maximum Gasteiger partial charge on any atom is 0.139 e. The Labute approximate surface area is 87.9 Å². The van der Waals surface area contributed by atoms with Crippen molar-refractivity contribution in [2.24, 2.45) is 11.3 Å². The summed E-state index contributed by atoms with van der Waals surface area (Å²) in [5, 5.41) is 4.59. The smallest absolute Gasteiger partial charge is 0.139 e. The summed E-state index contributed by atoms with van der Waals surface area (Å²) in [6, 6.07) is 1.92. The van der Waals surface area contributed by atoms with E-state index in [9.17, 15) is 0 Å². The lowest BCUT2D eigenvalue weighted by Gasteiger charge is -2.14. The number of rotatable bonds is 4. The molecule has 2 aliphatic rings. The van der Waals surface area contributed by atoms with Gasteiger partial charge in [0.1, 0.15) is 10.8 Å². The summed E-state index contributed by atoms with van der Waals surface area (Å²) >= 11 is 1.46. The van der Waals surface area contributed by atoms with E-state index in [0.717, 1.165) is 17.5 Å². The quantitative estimate of drug-likeness (QED) is 0.800. The number of nitrogens with zero attached hydrogens (tertiary/aromatic N) is 1. The Kier molecular flexibility index (Phi) is 1.74. The minimum Gasteiger partial charge on any atom is -0.383 e. The molecule has 0 atom stereocenters. The van der Waals surface area contributed by atoms with Crippen molar-refractivity contribution in [2.45, 2.75) is 25.7 Å². The van der Waals surface area contributed by atoms with Gasteiger partial charge in [0.05, 0.1) is 0 Å². The number of aromatic nitrogens is 1. The van der Waals surface area contributed by atoms with Crippen molar-refractivity contribution in [1.82, 2.24) is 4.37 Å². The average Bonchev–Trinajstić information content (AvgIpc) is 3.03. The summed E-state index contributed by atoms with van der Waals surface area (Å²) in [6.07, 6.45) is 5.73. The van der Waals surface area contributed by atoms with Crippen LogP contribution in [-0.4, -0.2) is 10.9 Å². The van der Waals surface area contributed by atoms with Crippen LogP contribution in [0, 0.1) is 11.3 Å². The van der Waals surface area contributed by atoms with Crippen LogP contribution >= 0.6 is 11.5 Å². The second-order valence-electron chi connectivity index (χ2n) is 4.61. The Morgan fingerprint density at radius 2 is 2.36 bits per heavy atom. The molecule has 2 saturated carbocycles. The Bertz CT molecular complexity index is 339. The largest absolute Gasteiger partial charge is 0.383 e. The topological polar surface area (TPSA) is 50.9 Å². The van der Waals surface area contributed by atoms with Crippen LogP contribution in [0.25, 0.3) is 0 Å². The fourth-order valence-electron chi connectivity index (χ4n) is 2.22. The molecule has 1 aromatic heterocycles. The SMILES string of the molecule is Nc1cc(NCC2(C3CC3)CC2)sn1. The van der Waals surface area contributed by atoms with E-state index in [4.69, 9.17) is 5.73 Å². The molecule has 0 bridgehead atoms. The van der Waals surface area contributed by atoms with Crippen LogP contribution in [0.1, 0.15) is 25.7 Å². The predicted molar refractivity (Wildman–Crippen MR) is 59.4 cm³/mol. The van der Waals surface area contributed by atoms with Crippen LogP contribution in [0.3, 0.4) is 0 Å². The van der Waals surface area contributed by atoms with Crippen LogP contribution in [0.15, 0.2) is 6.07 Å². The molecule has 3 rings (SSSR count). The standard InChI is InChI=1S/C10H15N3S/c11-8-5-9(14-13-8)12-6-10(3-4-10)7-1-2-7/h5,7,12H,1-4,6H2,(H2,11,13). The van der Waals surface area contributed by atoms with Crippen molar-refractivity contribution < 1.29 is 0 Å². The number of hydrogen-bond acceptors (Lipinski definition) is 4. The first-order chi connectivity index (χ1) is 6.78. The van der Waals surface area contributed by atoms with E-state index in [1.807, 2.05) is 6.07 Å². The first-order valence-electron chi connectivity index (χ1n) is 5.25. The molecular formula is C10H15N3S. The van der Waals surface area contributed by atoms with Crippen LogP contribution in [0.5, 0.6) is 0 Å². The van der Waals surface area contributed by atoms with Gasteiger partial charge in [0.25, 0.3) is 0 Å². The molecule has 1 heterocycles. The van der Waals surface area contributed by atoms with Crippen LogP contribution in [0.2, 0.25) is 0 Å². The normalized spacial score (nSPS) is 23.4. The fraction of sp³-hybridized carbons (Fsp3) is 0.700. The number of nitrogens with one attached hydrogen (secondary N) is 1. The lowest BCUT2D eigenvalue weighted by Crippen LogP contribution is -2.16. The molecule has 3 nitrogen and oxygen atoms in total. The molecule has 0 aliphatic heterocycles. The predicted octanol–water partition coefficient (Wildman–Crippen LogP) is 2.33. The van der Waals surface area contributed by atoms with Crippen LogP contribution < -0.4 is 11.1 Å². The number of anilines is 2. The highest BCUT2D eigenvalue weighted by Gasteiger charge is 2.53. The molecular weight excluding hydrogens is 194 g/mol. The third-order valence-electron chi connectivity index (χ3n) is 3.48. The molecule has 0 saturated heterocycles. The van der Waals surface area contributed by atoms with E-state index in [1.165, 1.54) is 37.2 Å². The molecule has 76 valence electrons. The lowest BCUT2D eigenvalue weighted by molar-refractivity contribution is 0.467. The van der Waals surface area contributed by atoms with Gasteiger partial charge in [-0.15, -0.1) is 0 Å². The Hall–Kier alpha value is -0.770. The molecule has 0 radical (unpaired) electrons.